The zero-order chi connectivity index (χ0) is 13.9. The molecule has 0 amide bonds. The summed E-state index contributed by atoms with van der Waals surface area (Å²) in [4.78, 5) is 4.82. The third kappa shape index (κ3) is 2.72. The quantitative estimate of drug-likeness (QED) is 0.917. The Bertz CT molecular complexity index is 572. The first-order chi connectivity index (χ1) is 9.79. The number of fused-ring (bicyclic) bond motifs is 1. The van der Waals surface area contributed by atoms with E-state index in [1.165, 1.54) is 29.9 Å². The highest BCUT2D eigenvalue weighted by Gasteiger charge is 2.26. The van der Waals surface area contributed by atoms with E-state index in [0.717, 1.165) is 23.7 Å². The van der Waals surface area contributed by atoms with Gasteiger partial charge in [0.1, 0.15) is 5.82 Å². The molecule has 2 unspecified atom stereocenters. The minimum atomic E-state index is 0.544. The van der Waals surface area contributed by atoms with Gasteiger partial charge in [0.15, 0.2) is 0 Å². The number of aromatic nitrogens is 2. The van der Waals surface area contributed by atoms with Crippen molar-refractivity contribution in [2.24, 2.45) is 7.05 Å². The van der Waals surface area contributed by atoms with Crippen LogP contribution in [0, 0.1) is 0 Å². The van der Waals surface area contributed by atoms with Crippen molar-refractivity contribution in [1.82, 2.24) is 14.9 Å². The lowest BCUT2D eigenvalue weighted by molar-refractivity contribution is 0.482. The molecular formula is C16H23N3S. The van der Waals surface area contributed by atoms with E-state index >= 15 is 0 Å². The first-order valence-electron chi connectivity index (χ1n) is 7.55. The maximum Gasteiger partial charge on any atom is 0.111 e. The van der Waals surface area contributed by atoms with Crippen molar-refractivity contribution in [3.8, 4) is 0 Å². The number of aryl methyl sites for hydroxylation is 1. The van der Waals surface area contributed by atoms with E-state index in [4.69, 9.17) is 4.98 Å². The van der Waals surface area contributed by atoms with Gasteiger partial charge in [-0.1, -0.05) is 19.1 Å². The van der Waals surface area contributed by atoms with Crippen LogP contribution in [0.5, 0.6) is 0 Å². The number of likely N-dealkylation sites (N-methyl/N-ethyl adjacent to an activating group) is 1. The number of thioether (sulfide) groups is 1. The topological polar surface area (TPSA) is 29.9 Å². The lowest BCUT2D eigenvalue weighted by atomic mass is 10.1. The second-order valence-corrected chi connectivity index (χ2v) is 6.84. The average Bonchev–Trinajstić information content (AvgIpc) is 3.08. The molecule has 0 saturated carbocycles. The molecule has 0 radical (unpaired) electrons. The van der Waals surface area contributed by atoms with Crippen molar-refractivity contribution < 1.29 is 0 Å². The molecule has 1 saturated heterocycles. The standard InChI is InChI=1S/C16H23N3S/c1-3-17-13(15-9-6-10-20-15)11-16-18-12-7-4-5-8-14(12)19(16)2/h4-5,7-8,13,15,17H,3,6,9-11H2,1-2H3. The smallest absolute Gasteiger partial charge is 0.111 e. The van der Waals surface area contributed by atoms with E-state index in [-0.39, 0.29) is 0 Å². The van der Waals surface area contributed by atoms with E-state index in [2.05, 4.69) is 59.9 Å². The molecular weight excluding hydrogens is 266 g/mol. The Hall–Kier alpha value is -1.000. The number of hydrogen-bond acceptors (Lipinski definition) is 3. The summed E-state index contributed by atoms with van der Waals surface area (Å²) in [5.41, 5.74) is 2.34. The summed E-state index contributed by atoms with van der Waals surface area (Å²) in [6.07, 6.45) is 3.72. The minimum absolute atomic E-state index is 0.544. The zero-order valence-electron chi connectivity index (χ0n) is 12.3. The second kappa shape index (κ2) is 6.19. The average molecular weight is 289 g/mol. The van der Waals surface area contributed by atoms with Gasteiger partial charge < -0.3 is 9.88 Å². The van der Waals surface area contributed by atoms with Gasteiger partial charge in [0, 0.05) is 24.8 Å². The molecule has 20 heavy (non-hydrogen) atoms. The molecule has 0 aliphatic carbocycles. The van der Waals surface area contributed by atoms with Crippen LogP contribution in [0.4, 0.5) is 0 Å². The summed E-state index contributed by atoms with van der Waals surface area (Å²) in [5.74, 6) is 2.51. The number of hydrogen-bond donors (Lipinski definition) is 1. The van der Waals surface area contributed by atoms with Crippen LogP contribution in [0.2, 0.25) is 0 Å². The fourth-order valence-corrected chi connectivity index (χ4v) is 4.49. The van der Waals surface area contributed by atoms with Gasteiger partial charge >= 0.3 is 0 Å². The zero-order valence-corrected chi connectivity index (χ0v) is 13.1. The van der Waals surface area contributed by atoms with Crippen LogP contribution in [-0.2, 0) is 13.5 Å². The van der Waals surface area contributed by atoms with Crippen LogP contribution < -0.4 is 5.32 Å². The molecule has 1 N–H and O–H groups in total. The Morgan fingerprint density at radius 1 is 1.45 bits per heavy atom. The maximum absolute atomic E-state index is 4.82. The lowest BCUT2D eigenvalue weighted by Crippen LogP contribution is -2.39. The van der Waals surface area contributed by atoms with Gasteiger partial charge in [-0.3, -0.25) is 0 Å². The lowest BCUT2D eigenvalue weighted by Gasteiger charge is -2.23. The monoisotopic (exact) mass is 289 g/mol. The fraction of sp³-hybridized carbons (Fsp3) is 0.562. The van der Waals surface area contributed by atoms with Crippen LogP contribution in [0.15, 0.2) is 24.3 Å². The molecule has 1 aromatic carbocycles. The highest BCUT2D eigenvalue weighted by molar-refractivity contribution is 8.00. The number of para-hydroxylation sites is 2. The summed E-state index contributed by atoms with van der Waals surface area (Å²) in [7, 11) is 2.13. The summed E-state index contributed by atoms with van der Waals surface area (Å²) in [6.45, 7) is 3.23. The molecule has 1 fully saturated rings. The van der Waals surface area contributed by atoms with Crippen LogP contribution in [-0.4, -0.2) is 33.1 Å². The van der Waals surface area contributed by atoms with Gasteiger partial charge in [-0.05, 0) is 37.3 Å². The molecule has 3 nitrogen and oxygen atoms in total. The predicted molar refractivity (Wildman–Crippen MR) is 87.4 cm³/mol. The number of nitrogens with zero attached hydrogens (tertiary/aromatic N) is 2. The number of imidazole rings is 1. The van der Waals surface area contributed by atoms with Gasteiger partial charge in [-0.2, -0.15) is 11.8 Å². The van der Waals surface area contributed by atoms with Crippen molar-refractivity contribution in [3.05, 3.63) is 30.1 Å². The number of nitrogens with one attached hydrogen (secondary N) is 1. The molecule has 1 aromatic heterocycles. The molecule has 0 bridgehead atoms. The highest BCUT2D eigenvalue weighted by atomic mass is 32.2. The predicted octanol–water partition coefficient (Wildman–Crippen LogP) is 2.99. The van der Waals surface area contributed by atoms with E-state index in [1.807, 2.05) is 0 Å². The van der Waals surface area contributed by atoms with E-state index < -0.39 is 0 Å². The molecule has 108 valence electrons. The minimum Gasteiger partial charge on any atom is -0.331 e. The first kappa shape index (κ1) is 14.0. The van der Waals surface area contributed by atoms with Crippen molar-refractivity contribution in [3.63, 3.8) is 0 Å². The van der Waals surface area contributed by atoms with Crippen molar-refractivity contribution in [2.75, 3.05) is 12.3 Å². The Morgan fingerprint density at radius 2 is 2.30 bits per heavy atom. The highest BCUT2D eigenvalue weighted by Crippen LogP contribution is 2.30. The molecule has 3 rings (SSSR count). The normalized spacial score (nSPS) is 20.6. The van der Waals surface area contributed by atoms with Crippen molar-refractivity contribution in [1.29, 1.82) is 0 Å². The Kier molecular flexibility index (Phi) is 4.32. The number of benzene rings is 1. The molecule has 4 heteroatoms. The summed E-state index contributed by atoms with van der Waals surface area (Å²) in [5, 5.41) is 4.42. The van der Waals surface area contributed by atoms with Crippen LogP contribution in [0.25, 0.3) is 11.0 Å². The van der Waals surface area contributed by atoms with Crippen LogP contribution in [0.3, 0.4) is 0 Å². The summed E-state index contributed by atoms with van der Waals surface area (Å²) < 4.78 is 2.25. The largest absolute Gasteiger partial charge is 0.331 e. The van der Waals surface area contributed by atoms with Gasteiger partial charge in [-0.25, -0.2) is 4.98 Å². The molecule has 2 atom stereocenters. The van der Waals surface area contributed by atoms with E-state index in [0.29, 0.717) is 6.04 Å². The van der Waals surface area contributed by atoms with Crippen LogP contribution in [0.1, 0.15) is 25.6 Å². The third-order valence-corrected chi connectivity index (χ3v) is 5.68. The van der Waals surface area contributed by atoms with E-state index in [1.54, 1.807) is 0 Å². The Morgan fingerprint density at radius 3 is 3.00 bits per heavy atom. The summed E-state index contributed by atoms with van der Waals surface area (Å²) in [6, 6.07) is 8.95. The van der Waals surface area contributed by atoms with Gasteiger partial charge in [-0.15, -0.1) is 0 Å². The van der Waals surface area contributed by atoms with Gasteiger partial charge in [0.05, 0.1) is 11.0 Å². The molecule has 0 spiro atoms. The van der Waals surface area contributed by atoms with E-state index in [9.17, 15) is 0 Å². The van der Waals surface area contributed by atoms with Crippen LogP contribution >= 0.6 is 11.8 Å². The molecule has 2 aromatic rings. The van der Waals surface area contributed by atoms with Crippen molar-refractivity contribution in [2.45, 2.75) is 37.5 Å². The first-order valence-corrected chi connectivity index (χ1v) is 8.59. The SMILES string of the molecule is CCNC(Cc1nc2ccccc2n1C)C1CCCS1. The van der Waals surface area contributed by atoms with Gasteiger partial charge in [0.2, 0.25) is 0 Å². The summed E-state index contributed by atoms with van der Waals surface area (Å²) >= 11 is 2.12. The molecule has 1 aliphatic rings. The van der Waals surface area contributed by atoms with Crippen molar-refractivity contribution >= 4 is 22.8 Å². The maximum atomic E-state index is 4.82. The Balaban J connectivity index is 1.84. The fourth-order valence-electron chi connectivity index (χ4n) is 3.09. The molecule has 2 heterocycles. The second-order valence-electron chi connectivity index (χ2n) is 5.50. The third-order valence-electron chi connectivity index (χ3n) is 4.16. The molecule has 1 aliphatic heterocycles. The van der Waals surface area contributed by atoms with Gasteiger partial charge in [0.25, 0.3) is 0 Å². The number of rotatable bonds is 5. The Labute approximate surface area is 125 Å².